The normalized spacial score (nSPS) is 19.4. The molecule has 0 saturated carbocycles. The summed E-state index contributed by atoms with van der Waals surface area (Å²) in [6, 6.07) is 7.33. The zero-order chi connectivity index (χ0) is 32.7. The minimum atomic E-state index is -4.78. The molecule has 2 unspecified atom stereocenters. The van der Waals surface area contributed by atoms with Gasteiger partial charge in [0.15, 0.2) is 11.5 Å². The van der Waals surface area contributed by atoms with Gasteiger partial charge in [-0.1, -0.05) is 6.92 Å². The maximum atomic E-state index is 13.7. The van der Waals surface area contributed by atoms with Gasteiger partial charge in [-0.25, -0.2) is 9.78 Å². The first-order valence-electron chi connectivity index (χ1n) is 15.0. The van der Waals surface area contributed by atoms with Crippen LogP contribution in [0, 0.1) is 11.3 Å². The number of halogens is 3. The van der Waals surface area contributed by atoms with Gasteiger partial charge in [0, 0.05) is 75.8 Å². The number of nitriles is 1. The van der Waals surface area contributed by atoms with Gasteiger partial charge >= 0.3 is 12.2 Å². The van der Waals surface area contributed by atoms with Crippen molar-refractivity contribution in [3.8, 4) is 17.3 Å². The van der Waals surface area contributed by atoms with Gasteiger partial charge in [-0.05, 0) is 36.6 Å². The number of likely N-dealkylation sites (tertiary alicyclic amines) is 1. The second-order valence-electron chi connectivity index (χ2n) is 11.7. The Kier molecular flexibility index (Phi) is 8.19. The van der Waals surface area contributed by atoms with Gasteiger partial charge in [0.25, 0.3) is 11.8 Å². The molecule has 3 saturated heterocycles. The van der Waals surface area contributed by atoms with Gasteiger partial charge in [-0.15, -0.1) is 0 Å². The summed E-state index contributed by atoms with van der Waals surface area (Å²) in [6.07, 6.45) is -1.04. The summed E-state index contributed by atoms with van der Waals surface area (Å²) in [5, 5.41) is 18.5. The van der Waals surface area contributed by atoms with Crippen LogP contribution >= 0.6 is 0 Å². The third kappa shape index (κ3) is 5.78. The van der Waals surface area contributed by atoms with Gasteiger partial charge in [-0.2, -0.15) is 23.5 Å². The molecular formula is C30H33F3N10O3. The molecule has 4 amide bonds. The van der Waals surface area contributed by atoms with Crippen molar-refractivity contribution in [3.05, 3.63) is 53.2 Å². The lowest BCUT2D eigenvalue weighted by Gasteiger charge is -2.39. The fourth-order valence-corrected chi connectivity index (χ4v) is 6.45. The maximum absolute atomic E-state index is 13.7. The van der Waals surface area contributed by atoms with Crippen molar-refractivity contribution in [3.63, 3.8) is 0 Å². The van der Waals surface area contributed by atoms with Crippen LogP contribution in [0.25, 0.3) is 11.3 Å². The number of aryl methyl sites for hydroxylation is 1. The van der Waals surface area contributed by atoms with Crippen LogP contribution in [0.5, 0.6) is 0 Å². The first-order valence-corrected chi connectivity index (χ1v) is 15.0. The number of alkyl halides is 3. The number of piperazine rings is 2. The van der Waals surface area contributed by atoms with E-state index in [0.717, 1.165) is 36.6 Å². The molecule has 16 heteroatoms. The van der Waals surface area contributed by atoms with E-state index < -0.39 is 17.8 Å². The Balaban J connectivity index is 1.12. The predicted octanol–water partition coefficient (Wildman–Crippen LogP) is 2.56. The first kappa shape index (κ1) is 31.1. The monoisotopic (exact) mass is 638 g/mol. The number of nitrogens with one attached hydrogen (secondary N) is 2. The van der Waals surface area contributed by atoms with E-state index >= 15 is 0 Å². The minimum Gasteiger partial charge on any atom is -0.335 e. The Bertz CT molecular complexity index is 1720. The lowest BCUT2D eigenvalue weighted by molar-refractivity contribution is -0.141. The largest absolute Gasteiger partial charge is 0.435 e. The van der Waals surface area contributed by atoms with Crippen LogP contribution in [0.2, 0.25) is 0 Å². The third-order valence-electron chi connectivity index (χ3n) is 8.84. The molecule has 3 aromatic rings. The van der Waals surface area contributed by atoms with E-state index in [0.29, 0.717) is 55.5 Å². The molecule has 3 aliphatic rings. The minimum absolute atomic E-state index is 0.00308. The molecule has 2 atom stereocenters. The molecular weight excluding hydrogens is 605 g/mol. The average molecular weight is 639 g/mol. The number of carbonyl (C=O) groups is 3. The second-order valence-corrected chi connectivity index (χ2v) is 11.7. The topological polar surface area (TPSA) is 144 Å². The number of hydrogen-bond acceptors (Lipinski definition) is 7. The molecule has 6 rings (SSSR count). The van der Waals surface area contributed by atoms with Gasteiger partial charge in [0.05, 0.1) is 23.5 Å². The van der Waals surface area contributed by atoms with Gasteiger partial charge in [-0.3, -0.25) is 14.3 Å². The molecule has 5 heterocycles. The number of anilines is 1. The third-order valence-corrected chi connectivity index (χ3v) is 8.84. The van der Waals surface area contributed by atoms with Crippen molar-refractivity contribution in [1.82, 2.24) is 39.3 Å². The summed E-state index contributed by atoms with van der Waals surface area (Å²) in [7, 11) is 1.41. The molecule has 0 radical (unpaired) electrons. The fourth-order valence-electron chi connectivity index (χ4n) is 6.45. The molecule has 0 spiro atoms. The summed E-state index contributed by atoms with van der Waals surface area (Å²) in [5.74, 6) is -0.951. The Morgan fingerprint density at radius 2 is 1.89 bits per heavy atom. The zero-order valence-electron chi connectivity index (χ0n) is 25.3. The molecule has 2 bridgehead atoms. The lowest BCUT2D eigenvalue weighted by Crippen LogP contribution is -2.57. The summed E-state index contributed by atoms with van der Waals surface area (Å²) >= 11 is 0. The maximum Gasteiger partial charge on any atom is 0.435 e. The second kappa shape index (κ2) is 12.1. The highest BCUT2D eigenvalue weighted by Gasteiger charge is 2.42. The standard InChI is InChI=1S/C30H33F3N10O3/c1-3-18-12-19(37-27(44)26-36-15-24(39(26)2)23-17-42(7-6-34)38-25(23)30(31,32)33)4-5-22(18)28(45)40-8-10-41(11-9-40)29(46)43-16-20-13-21(43)14-35-20/h4-5,12,15,17,20-21,35H,3,7-11,13-14,16H2,1-2H3,(H,37,44). The Morgan fingerprint density at radius 1 is 1.15 bits per heavy atom. The van der Waals surface area contributed by atoms with Crippen LogP contribution in [-0.4, -0.2) is 103 Å². The van der Waals surface area contributed by atoms with E-state index in [9.17, 15) is 27.6 Å². The van der Waals surface area contributed by atoms with Crippen LogP contribution in [-0.2, 0) is 26.2 Å². The summed E-state index contributed by atoms with van der Waals surface area (Å²) < 4.78 is 43.1. The van der Waals surface area contributed by atoms with Crippen LogP contribution < -0.4 is 10.6 Å². The predicted molar refractivity (Wildman–Crippen MR) is 159 cm³/mol. The SMILES string of the molecule is CCc1cc(NC(=O)c2ncc(-c3cn(CC#N)nc3C(F)(F)F)n2C)ccc1C(=O)N1CCN(C(=O)N2CC3CC2CN3)CC1. The summed E-state index contributed by atoms with van der Waals surface area (Å²) in [6.45, 7) is 4.81. The highest BCUT2D eigenvalue weighted by atomic mass is 19.4. The van der Waals surface area contributed by atoms with Crippen LogP contribution in [0.4, 0.5) is 23.7 Å². The molecule has 0 aliphatic carbocycles. The number of aromatic nitrogens is 4. The number of imidazole rings is 1. The van der Waals surface area contributed by atoms with Crippen LogP contribution in [0.15, 0.2) is 30.6 Å². The average Bonchev–Trinajstić information content (AvgIpc) is 3.84. The molecule has 3 aliphatic heterocycles. The van der Waals surface area contributed by atoms with E-state index in [1.54, 1.807) is 29.2 Å². The Hall–Kier alpha value is -4.91. The number of benzene rings is 1. The van der Waals surface area contributed by atoms with E-state index in [2.05, 4.69) is 20.7 Å². The quantitative estimate of drug-likeness (QED) is 0.422. The van der Waals surface area contributed by atoms with Crippen molar-refractivity contribution in [2.75, 3.05) is 44.6 Å². The summed E-state index contributed by atoms with van der Waals surface area (Å²) in [4.78, 5) is 49.3. The van der Waals surface area contributed by atoms with E-state index in [1.165, 1.54) is 11.6 Å². The summed E-state index contributed by atoms with van der Waals surface area (Å²) in [5.41, 5.74) is 0.112. The van der Waals surface area contributed by atoms with Crippen molar-refractivity contribution >= 4 is 23.5 Å². The van der Waals surface area contributed by atoms with Crippen molar-refractivity contribution in [2.45, 2.75) is 44.6 Å². The highest BCUT2D eigenvalue weighted by Crippen LogP contribution is 2.36. The molecule has 3 fully saturated rings. The van der Waals surface area contributed by atoms with Gasteiger partial charge < -0.3 is 29.9 Å². The fraction of sp³-hybridized carbons (Fsp3) is 0.467. The Morgan fingerprint density at radius 3 is 2.52 bits per heavy atom. The molecule has 1 aromatic carbocycles. The zero-order valence-corrected chi connectivity index (χ0v) is 25.3. The lowest BCUT2D eigenvalue weighted by atomic mass is 10.0. The molecule has 242 valence electrons. The smallest absolute Gasteiger partial charge is 0.335 e. The van der Waals surface area contributed by atoms with E-state index in [4.69, 9.17) is 5.26 Å². The molecule has 46 heavy (non-hydrogen) atoms. The first-order chi connectivity index (χ1) is 22.0. The van der Waals surface area contributed by atoms with Crippen LogP contribution in [0.1, 0.15) is 45.6 Å². The van der Waals surface area contributed by atoms with E-state index in [-0.39, 0.29) is 41.6 Å². The van der Waals surface area contributed by atoms with Crippen molar-refractivity contribution in [1.29, 1.82) is 5.26 Å². The van der Waals surface area contributed by atoms with Gasteiger partial charge in [0.1, 0.15) is 6.54 Å². The van der Waals surface area contributed by atoms with Crippen molar-refractivity contribution in [2.24, 2.45) is 7.05 Å². The Labute approximate surface area is 262 Å². The van der Waals surface area contributed by atoms with Crippen LogP contribution in [0.3, 0.4) is 0 Å². The number of amides is 4. The number of rotatable bonds is 6. The molecule has 13 nitrogen and oxygen atoms in total. The van der Waals surface area contributed by atoms with E-state index in [1.807, 2.05) is 16.7 Å². The number of hydrogen-bond donors (Lipinski definition) is 2. The molecule has 2 aromatic heterocycles. The number of fused-ring (bicyclic) bond motifs is 2. The highest BCUT2D eigenvalue weighted by molar-refractivity contribution is 6.03. The number of urea groups is 1. The van der Waals surface area contributed by atoms with Gasteiger partial charge in [0.2, 0.25) is 0 Å². The van der Waals surface area contributed by atoms with Crippen molar-refractivity contribution < 1.29 is 27.6 Å². The molecule has 2 N–H and O–H groups in total. The number of carbonyl (C=O) groups excluding carboxylic acids is 3. The number of nitrogens with zero attached hydrogens (tertiary/aromatic N) is 8.